The summed E-state index contributed by atoms with van der Waals surface area (Å²) >= 11 is 0. The Hall–Kier alpha value is -3.28. The van der Waals surface area contributed by atoms with Gasteiger partial charge in [0.15, 0.2) is 0 Å². The molecule has 6 heteroatoms. The molecule has 1 heterocycles. The lowest BCUT2D eigenvalue weighted by molar-refractivity contribution is 0.414. The second-order valence-corrected chi connectivity index (χ2v) is 6.15. The number of ether oxygens (including phenoxy) is 2. The van der Waals surface area contributed by atoms with E-state index in [0.717, 1.165) is 41.5 Å². The zero-order valence-corrected chi connectivity index (χ0v) is 15.8. The van der Waals surface area contributed by atoms with Crippen molar-refractivity contribution in [2.45, 2.75) is 13.3 Å². The molecule has 0 atom stereocenters. The van der Waals surface area contributed by atoms with E-state index in [-0.39, 0.29) is 0 Å². The topological polar surface area (TPSA) is 68.3 Å². The molecule has 2 aromatic carbocycles. The number of methoxy groups -OCH3 is 2. The predicted molar refractivity (Wildman–Crippen MR) is 108 cm³/mol. The van der Waals surface area contributed by atoms with Crippen LogP contribution in [0.3, 0.4) is 0 Å². The molecule has 27 heavy (non-hydrogen) atoms. The van der Waals surface area contributed by atoms with Gasteiger partial charge in [-0.05, 0) is 48.7 Å². The molecular formula is C21H24N4O2. The van der Waals surface area contributed by atoms with E-state index in [0.29, 0.717) is 5.82 Å². The van der Waals surface area contributed by atoms with E-state index < -0.39 is 0 Å². The number of aromatic nitrogens is 2. The van der Waals surface area contributed by atoms with Gasteiger partial charge in [-0.1, -0.05) is 18.2 Å². The van der Waals surface area contributed by atoms with Crippen molar-refractivity contribution in [3.8, 4) is 11.5 Å². The van der Waals surface area contributed by atoms with Crippen molar-refractivity contribution in [3.63, 3.8) is 0 Å². The Balaban J connectivity index is 1.63. The highest BCUT2D eigenvalue weighted by molar-refractivity contribution is 5.66. The third-order valence-electron chi connectivity index (χ3n) is 4.14. The molecule has 0 saturated carbocycles. The molecule has 3 aromatic rings. The molecule has 6 nitrogen and oxygen atoms in total. The Morgan fingerprint density at radius 1 is 0.926 bits per heavy atom. The van der Waals surface area contributed by atoms with Crippen LogP contribution in [0.15, 0.2) is 54.9 Å². The summed E-state index contributed by atoms with van der Waals surface area (Å²) in [6.07, 6.45) is 2.41. The van der Waals surface area contributed by atoms with Gasteiger partial charge < -0.3 is 20.1 Å². The molecule has 0 saturated heterocycles. The minimum atomic E-state index is 0.706. The van der Waals surface area contributed by atoms with E-state index in [2.05, 4.69) is 26.7 Å². The molecule has 2 N–H and O–H groups in total. The van der Waals surface area contributed by atoms with Crippen molar-refractivity contribution >= 4 is 17.3 Å². The van der Waals surface area contributed by atoms with Gasteiger partial charge in [-0.15, -0.1) is 0 Å². The molecule has 0 aliphatic rings. The highest BCUT2D eigenvalue weighted by Crippen LogP contribution is 2.28. The molecule has 0 amide bonds. The zero-order chi connectivity index (χ0) is 19.1. The van der Waals surface area contributed by atoms with Gasteiger partial charge in [0, 0.05) is 12.6 Å². The van der Waals surface area contributed by atoms with Crippen molar-refractivity contribution < 1.29 is 9.47 Å². The second-order valence-electron chi connectivity index (χ2n) is 6.15. The first kappa shape index (κ1) is 18.5. The second kappa shape index (κ2) is 8.89. The molecule has 3 rings (SSSR count). The summed E-state index contributed by atoms with van der Waals surface area (Å²) in [6.45, 7) is 2.80. The largest absolute Gasteiger partial charge is 0.497 e. The number of benzene rings is 2. The van der Waals surface area contributed by atoms with Crippen molar-refractivity contribution in [2.75, 3.05) is 31.4 Å². The molecule has 1 aromatic heterocycles. The number of hydrogen-bond acceptors (Lipinski definition) is 6. The van der Waals surface area contributed by atoms with Gasteiger partial charge in [-0.25, -0.2) is 9.97 Å². The molecule has 0 unspecified atom stereocenters. The predicted octanol–water partition coefficient (Wildman–Crippen LogP) is 4.20. The monoisotopic (exact) mass is 364 g/mol. The van der Waals surface area contributed by atoms with Crippen LogP contribution in [0, 0.1) is 6.92 Å². The molecule has 0 aliphatic carbocycles. The van der Waals surface area contributed by atoms with E-state index in [9.17, 15) is 0 Å². The minimum Gasteiger partial charge on any atom is -0.497 e. The normalized spacial score (nSPS) is 10.3. The first-order valence-corrected chi connectivity index (χ1v) is 8.78. The Morgan fingerprint density at radius 3 is 2.59 bits per heavy atom. The van der Waals surface area contributed by atoms with E-state index >= 15 is 0 Å². The lowest BCUT2D eigenvalue weighted by atomic mass is 10.1. The molecular weight excluding hydrogens is 340 g/mol. The lowest BCUT2D eigenvalue weighted by Gasteiger charge is -2.12. The fourth-order valence-electron chi connectivity index (χ4n) is 2.74. The van der Waals surface area contributed by atoms with E-state index in [1.807, 2.05) is 49.4 Å². The minimum absolute atomic E-state index is 0.706. The zero-order valence-electron chi connectivity index (χ0n) is 15.8. The summed E-state index contributed by atoms with van der Waals surface area (Å²) in [6, 6.07) is 15.9. The third-order valence-corrected chi connectivity index (χ3v) is 4.14. The highest BCUT2D eigenvalue weighted by Gasteiger charge is 2.06. The highest BCUT2D eigenvalue weighted by atomic mass is 16.5. The first-order valence-electron chi connectivity index (χ1n) is 8.78. The van der Waals surface area contributed by atoms with Gasteiger partial charge in [0.25, 0.3) is 0 Å². The van der Waals surface area contributed by atoms with Crippen LogP contribution in [0.4, 0.5) is 17.3 Å². The number of aryl methyl sites for hydroxylation is 1. The van der Waals surface area contributed by atoms with Crippen LogP contribution in [0.2, 0.25) is 0 Å². The van der Waals surface area contributed by atoms with E-state index in [1.165, 1.54) is 5.56 Å². The first-order chi connectivity index (χ1) is 13.2. The Kier molecular flexibility index (Phi) is 6.10. The van der Waals surface area contributed by atoms with Gasteiger partial charge in [-0.3, -0.25) is 0 Å². The van der Waals surface area contributed by atoms with Crippen LogP contribution >= 0.6 is 0 Å². The van der Waals surface area contributed by atoms with Crippen LogP contribution < -0.4 is 20.1 Å². The lowest BCUT2D eigenvalue weighted by Crippen LogP contribution is -2.07. The SMILES string of the molecule is COc1cccc(CCNc2cc(Nc3cc(C)ccc3OC)ncn2)c1. The van der Waals surface area contributed by atoms with E-state index in [1.54, 1.807) is 20.5 Å². The fourth-order valence-corrected chi connectivity index (χ4v) is 2.74. The molecule has 0 bridgehead atoms. The standard InChI is InChI=1S/C21H24N4O2/c1-15-7-8-19(27-3)18(11-15)25-21-13-20(23-14-24-21)22-10-9-16-5-4-6-17(12-16)26-2/h4-8,11-14H,9-10H2,1-3H3,(H2,22,23,24,25). The van der Waals surface area contributed by atoms with Crippen molar-refractivity contribution in [2.24, 2.45) is 0 Å². The van der Waals surface area contributed by atoms with Gasteiger partial charge in [-0.2, -0.15) is 0 Å². The number of nitrogens with one attached hydrogen (secondary N) is 2. The summed E-state index contributed by atoms with van der Waals surface area (Å²) in [4.78, 5) is 8.58. The van der Waals surface area contributed by atoms with Crippen LogP contribution in [0.25, 0.3) is 0 Å². The Bertz CT molecular complexity index is 899. The van der Waals surface area contributed by atoms with Crippen molar-refractivity contribution in [3.05, 3.63) is 66.0 Å². The summed E-state index contributed by atoms with van der Waals surface area (Å²) in [5.74, 6) is 3.11. The maximum atomic E-state index is 5.40. The van der Waals surface area contributed by atoms with Crippen LogP contribution in [-0.2, 0) is 6.42 Å². The average molecular weight is 364 g/mol. The summed E-state index contributed by atoms with van der Waals surface area (Å²) in [7, 11) is 3.33. The summed E-state index contributed by atoms with van der Waals surface area (Å²) in [5.41, 5.74) is 3.22. The molecule has 140 valence electrons. The van der Waals surface area contributed by atoms with Gasteiger partial charge in [0.05, 0.1) is 19.9 Å². The van der Waals surface area contributed by atoms with Crippen LogP contribution in [-0.4, -0.2) is 30.7 Å². The third kappa shape index (κ3) is 5.10. The molecule has 0 fully saturated rings. The number of nitrogens with zero attached hydrogens (tertiary/aromatic N) is 2. The summed E-state index contributed by atoms with van der Waals surface area (Å²) in [5, 5.41) is 6.63. The fraction of sp³-hybridized carbons (Fsp3) is 0.238. The number of hydrogen-bond donors (Lipinski definition) is 2. The Labute approximate surface area is 159 Å². The molecule has 0 aliphatic heterocycles. The number of rotatable bonds is 8. The maximum Gasteiger partial charge on any atom is 0.142 e. The molecule has 0 spiro atoms. The van der Waals surface area contributed by atoms with Crippen molar-refractivity contribution in [1.82, 2.24) is 9.97 Å². The van der Waals surface area contributed by atoms with Gasteiger partial charge >= 0.3 is 0 Å². The number of anilines is 3. The Morgan fingerprint density at radius 2 is 1.78 bits per heavy atom. The molecule has 0 radical (unpaired) electrons. The smallest absolute Gasteiger partial charge is 0.142 e. The van der Waals surface area contributed by atoms with E-state index in [4.69, 9.17) is 9.47 Å². The quantitative estimate of drug-likeness (QED) is 0.624. The average Bonchev–Trinajstić information content (AvgIpc) is 2.69. The van der Waals surface area contributed by atoms with Crippen LogP contribution in [0.1, 0.15) is 11.1 Å². The maximum absolute atomic E-state index is 5.40. The van der Waals surface area contributed by atoms with Gasteiger partial charge in [0.2, 0.25) is 0 Å². The summed E-state index contributed by atoms with van der Waals surface area (Å²) < 4.78 is 10.7. The van der Waals surface area contributed by atoms with Crippen molar-refractivity contribution in [1.29, 1.82) is 0 Å². The van der Waals surface area contributed by atoms with Crippen LogP contribution in [0.5, 0.6) is 11.5 Å². The van der Waals surface area contributed by atoms with Gasteiger partial charge in [0.1, 0.15) is 29.5 Å².